The number of carbonyl (C=O) groups is 2. The van der Waals surface area contributed by atoms with Crippen LogP contribution in [0.5, 0.6) is 0 Å². The van der Waals surface area contributed by atoms with Gasteiger partial charge in [0, 0.05) is 5.92 Å². The number of carbonyl (C=O) groups excluding carboxylic acids is 2. The number of hydrogen-bond acceptors (Lipinski definition) is 4. The van der Waals surface area contributed by atoms with Gasteiger partial charge in [0.05, 0.1) is 23.3 Å². The standard InChI is InChI=1S/C14H15NO4/c16-10-6-2-4-8(12(10)17)7-3-1-5-9-11(7)14(19)15-13(9)18/h1,3,5,8,10,12,16-17H,2,4,6H2,(H,15,18,19)/t8-,10-,12+/m0/s1. The molecule has 3 atom stereocenters. The third-order valence-corrected chi connectivity index (χ3v) is 4.02. The van der Waals surface area contributed by atoms with Crippen molar-refractivity contribution in [1.29, 1.82) is 0 Å². The van der Waals surface area contributed by atoms with E-state index in [9.17, 15) is 19.8 Å². The number of fused-ring (bicyclic) bond motifs is 1. The largest absolute Gasteiger partial charge is 0.390 e. The fourth-order valence-corrected chi connectivity index (χ4v) is 3.05. The SMILES string of the molecule is O=C1NC(=O)c2c1cccc2[C@@H]1CCC[C@H](O)[C@@H]1O. The molecule has 0 bridgehead atoms. The summed E-state index contributed by atoms with van der Waals surface area (Å²) in [7, 11) is 0. The number of amides is 2. The molecule has 1 aliphatic carbocycles. The molecular formula is C14H15NO4. The molecule has 3 N–H and O–H groups in total. The van der Waals surface area contributed by atoms with Crippen LogP contribution in [-0.4, -0.2) is 34.2 Å². The Kier molecular flexibility index (Phi) is 2.88. The molecule has 1 aromatic carbocycles. The maximum absolute atomic E-state index is 11.9. The lowest BCUT2D eigenvalue weighted by molar-refractivity contribution is -0.0228. The predicted octanol–water partition coefficient (Wildman–Crippen LogP) is 0.559. The molecule has 2 aliphatic rings. The normalized spacial score (nSPS) is 30.1. The summed E-state index contributed by atoms with van der Waals surface area (Å²) in [6, 6.07) is 5.06. The Morgan fingerprint density at radius 1 is 1.11 bits per heavy atom. The molecule has 0 spiro atoms. The van der Waals surface area contributed by atoms with Gasteiger partial charge in [-0.25, -0.2) is 0 Å². The van der Waals surface area contributed by atoms with Gasteiger partial charge in [-0.2, -0.15) is 0 Å². The number of benzene rings is 1. The summed E-state index contributed by atoms with van der Waals surface area (Å²) in [5.41, 5.74) is 1.37. The van der Waals surface area contributed by atoms with Crippen LogP contribution in [0.3, 0.4) is 0 Å². The Labute approximate surface area is 110 Å². The van der Waals surface area contributed by atoms with Crippen molar-refractivity contribution in [3.63, 3.8) is 0 Å². The van der Waals surface area contributed by atoms with Gasteiger partial charge in [-0.05, 0) is 24.5 Å². The summed E-state index contributed by atoms with van der Waals surface area (Å²) in [5, 5.41) is 22.1. The lowest BCUT2D eigenvalue weighted by Crippen LogP contribution is -2.36. The molecule has 1 aromatic rings. The Bertz CT molecular complexity index is 554. The van der Waals surface area contributed by atoms with E-state index in [2.05, 4.69) is 5.32 Å². The smallest absolute Gasteiger partial charge is 0.259 e. The molecule has 19 heavy (non-hydrogen) atoms. The quantitative estimate of drug-likeness (QED) is 0.645. The summed E-state index contributed by atoms with van der Waals surface area (Å²) in [5.74, 6) is -1.11. The van der Waals surface area contributed by atoms with Crippen molar-refractivity contribution in [2.45, 2.75) is 37.4 Å². The molecule has 0 unspecified atom stereocenters. The second-order valence-corrected chi connectivity index (χ2v) is 5.15. The van der Waals surface area contributed by atoms with Crippen molar-refractivity contribution in [3.05, 3.63) is 34.9 Å². The average Bonchev–Trinajstić information content (AvgIpc) is 2.69. The van der Waals surface area contributed by atoms with Crippen molar-refractivity contribution < 1.29 is 19.8 Å². The number of nitrogens with one attached hydrogen (secondary N) is 1. The maximum atomic E-state index is 11.9. The predicted molar refractivity (Wildman–Crippen MR) is 66.8 cm³/mol. The summed E-state index contributed by atoms with van der Waals surface area (Å²) in [6.45, 7) is 0. The topological polar surface area (TPSA) is 86.6 Å². The monoisotopic (exact) mass is 261 g/mol. The Hall–Kier alpha value is -1.72. The van der Waals surface area contributed by atoms with Gasteiger partial charge in [0.1, 0.15) is 0 Å². The van der Waals surface area contributed by atoms with Crippen molar-refractivity contribution in [2.75, 3.05) is 0 Å². The highest BCUT2D eigenvalue weighted by atomic mass is 16.3. The molecular weight excluding hydrogens is 246 g/mol. The van der Waals surface area contributed by atoms with Crippen LogP contribution in [0, 0.1) is 0 Å². The zero-order valence-electron chi connectivity index (χ0n) is 10.3. The molecule has 100 valence electrons. The fourth-order valence-electron chi connectivity index (χ4n) is 3.05. The van der Waals surface area contributed by atoms with Gasteiger partial charge >= 0.3 is 0 Å². The van der Waals surface area contributed by atoms with Crippen LogP contribution in [0.15, 0.2) is 18.2 Å². The lowest BCUT2D eigenvalue weighted by atomic mass is 9.78. The van der Waals surface area contributed by atoms with Gasteiger partial charge in [-0.3, -0.25) is 14.9 Å². The highest BCUT2D eigenvalue weighted by molar-refractivity contribution is 6.22. The number of imide groups is 1. The first-order chi connectivity index (χ1) is 9.09. The Morgan fingerprint density at radius 3 is 2.68 bits per heavy atom. The van der Waals surface area contributed by atoms with E-state index >= 15 is 0 Å². The van der Waals surface area contributed by atoms with E-state index in [0.29, 0.717) is 29.5 Å². The minimum absolute atomic E-state index is 0.296. The molecule has 1 fully saturated rings. The van der Waals surface area contributed by atoms with Crippen molar-refractivity contribution in [3.8, 4) is 0 Å². The third kappa shape index (κ3) is 1.86. The molecule has 5 nitrogen and oxygen atoms in total. The molecule has 2 amide bonds. The van der Waals surface area contributed by atoms with E-state index in [1.807, 2.05) is 0 Å². The second-order valence-electron chi connectivity index (χ2n) is 5.15. The van der Waals surface area contributed by atoms with Crippen LogP contribution in [0.1, 0.15) is 51.5 Å². The average molecular weight is 261 g/mol. The van der Waals surface area contributed by atoms with Crippen LogP contribution in [-0.2, 0) is 0 Å². The molecule has 0 saturated heterocycles. The maximum Gasteiger partial charge on any atom is 0.259 e. The molecule has 1 saturated carbocycles. The van der Waals surface area contributed by atoms with E-state index in [4.69, 9.17) is 0 Å². The van der Waals surface area contributed by atoms with Crippen molar-refractivity contribution in [2.24, 2.45) is 0 Å². The molecule has 0 radical (unpaired) electrons. The minimum Gasteiger partial charge on any atom is -0.390 e. The fraction of sp³-hybridized carbons (Fsp3) is 0.429. The summed E-state index contributed by atoms with van der Waals surface area (Å²) >= 11 is 0. The van der Waals surface area contributed by atoms with Crippen LogP contribution < -0.4 is 5.32 Å². The number of aliphatic hydroxyl groups is 2. The van der Waals surface area contributed by atoms with Gasteiger partial charge < -0.3 is 10.2 Å². The van der Waals surface area contributed by atoms with Crippen LogP contribution in [0.2, 0.25) is 0 Å². The second kappa shape index (κ2) is 4.43. The molecule has 0 aromatic heterocycles. The number of rotatable bonds is 1. The highest BCUT2D eigenvalue weighted by Gasteiger charge is 2.37. The van der Waals surface area contributed by atoms with Crippen LogP contribution in [0.4, 0.5) is 0 Å². The first kappa shape index (κ1) is 12.3. The van der Waals surface area contributed by atoms with Crippen molar-refractivity contribution >= 4 is 11.8 Å². The molecule has 1 heterocycles. The van der Waals surface area contributed by atoms with Crippen LogP contribution >= 0.6 is 0 Å². The minimum atomic E-state index is -0.885. The van der Waals surface area contributed by atoms with Gasteiger partial charge in [0.25, 0.3) is 11.8 Å². The molecule has 5 heteroatoms. The van der Waals surface area contributed by atoms with E-state index < -0.39 is 24.0 Å². The molecule has 1 aliphatic heterocycles. The highest BCUT2D eigenvalue weighted by Crippen LogP contribution is 2.36. The van der Waals surface area contributed by atoms with E-state index in [0.717, 1.165) is 6.42 Å². The Balaban J connectivity index is 2.07. The lowest BCUT2D eigenvalue weighted by Gasteiger charge is -2.32. The summed E-state index contributed by atoms with van der Waals surface area (Å²) in [4.78, 5) is 23.5. The first-order valence-electron chi connectivity index (χ1n) is 6.44. The third-order valence-electron chi connectivity index (χ3n) is 4.02. The number of aliphatic hydroxyl groups excluding tert-OH is 2. The van der Waals surface area contributed by atoms with E-state index in [1.165, 1.54) is 0 Å². The van der Waals surface area contributed by atoms with E-state index in [-0.39, 0.29) is 5.92 Å². The Morgan fingerprint density at radius 2 is 1.89 bits per heavy atom. The summed E-state index contributed by atoms with van der Waals surface area (Å²) < 4.78 is 0. The van der Waals surface area contributed by atoms with Crippen LogP contribution in [0.25, 0.3) is 0 Å². The number of hydrogen-bond donors (Lipinski definition) is 3. The van der Waals surface area contributed by atoms with Gasteiger partial charge in [-0.15, -0.1) is 0 Å². The van der Waals surface area contributed by atoms with Crippen molar-refractivity contribution in [1.82, 2.24) is 5.32 Å². The van der Waals surface area contributed by atoms with E-state index in [1.54, 1.807) is 18.2 Å². The summed E-state index contributed by atoms with van der Waals surface area (Å²) in [6.07, 6.45) is 0.411. The van der Waals surface area contributed by atoms with Gasteiger partial charge in [0.2, 0.25) is 0 Å². The molecule has 3 rings (SSSR count). The zero-order valence-corrected chi connectivity index (χ0v) is 10.3. The van der Waals surface area contributed by atoms with Gasteiger partial charge in [-0.1, -0.05) is 18.6 Å². The van der Waals surface area contributed by atoms with Gasteiger partial charge in [0.15, 0.2) is 0 Å². The first-order valence-corrected chi connectivity index (χ1v) is 6.44. The zero-order chi connectivity index (χ0) is 13.6.